The largest absolute Gasteiger partial charge is 0.494 e. The van der Waals surface area contributed by atoms with Crippen LogP contribution in [-0.4, -0.2) is 54.4 Å². The molecule has 168 valence electrons. The summed E-state index contributed by atoms with van der Waals surface area (Å²) in [6.07, 6.45) is 2.02. The van der Waals surface area contributed by atoms with Crippen LogP contribution in [0.25, 0.3) is 0 Å². The van der Waals surface area contributed by atoms with E-state index in [0.717, 1.165) is 31.8 Å². The number of halogens is 1. The lowest BCUT2D eigenvalue weighted by Gasteiger charge is -2.38. The predicted molar refractivity (Wildman–Crippen MR) is 117 cm³/mol. The van der Waals surface area contributed by atoms with Gasteiger partial charge >= 0.3 is 0 Å². The van der Waals surface area contributed by atoms with E-state index < -0.39 is 5.60 Å². The molecule has 1 amide bonds. The smallest absolute Gasteiger partial charge is 0.216 e. The Kier molecular flexibility index (Phi) is 8.26. The molecule has 0 radical (unpaired) electrons. The van der Waals surface area contributed by atoms with Gasteiger partial charge in [0, 0.05) is 33.1 Å². The van der Waals surface area contributed by atoms with Gasteiger partial charge in [-0.2, -0.15) is 0 Å². The number of ether oxygens (including phenoxy) is 2. The second-order valence-corrected chi connectivity index (χ2v) is 8.07. The molecule has 0 spiro atoms. The number of amides is 1. The summed E-state index contributed by atoms with van der Waals surface area (Å²) in [6.45, 7) is 5.27. The van der Waals surface area contributed by atoms with Crippen LogP contribution in [-0.2, 0) is 11.3 Å². The number of nitrogens with one attached hydrogen (secondary N) is 1. The van der Waals surface area contributed by atoms with Gasteiger partial charge in [-0.3, -0.25) is 9.69 Å². The second kappa shape index (κ2) is 11.1. The highest BCUT2D eigenvalue weighted by atomic mass is 19.1. The Morgan fingerprint density at radius 3 is 2.32 bits per heavy atom. The van der Waals surface area contributed by atoms with Crippen molar-refractivity contribution in [2.45, 2.75) is 38.3 Å². The van der Waals surface area contributed by atoms with Crippen molar-refractivity contribution < 1.29 is 23.8 Å². The van der Waals surface area contributed by atoms with Gasteiger partial charge in [0.1, 0.15) is 29.5 Å². The summed E-state index contributed by atoms with van der Waals surface area (Å²) >= 11 is 0. The Labute approximate surface area is 183 Å². The van der Waals surface area contributed by atoms with Crippen LogP contribution < -0.4 is 14.8 Å². The van der Waals surface area contributed by atoms with E-state index >= 15 is 0 Å². The van der Waals surface area contributed by atoms with E-state index in [0.29, 0.717) is 31.7 Å². The number of carbonyl (C=O) groups is 1. The normalized spacial score (nSPS) is 16.0. The molecule has 0 saturated carbocycles. The molecule has 0 bridgehead atoms. The van der Waals surface area contributed by atoms with Crippen molar-refractivity contribution in [3.05, 3.63) is 59.9 Å². The van der Waals surface area contributed by atoms with Gasteiger partial charge < -0.3 is 19.9 Å². The fraction of sp³-hybridized carbons (Fsp3) is 0.458. The molecule has 2 N–H and O–H groups in total. The molecule has 0 unspecified atom stereocenters. The minimum absolute atomic E-state index is 0.0269. The second-order valence-electron chi connectivity index (χ2n) is 8.07. The molecule has 2 aromatic carbocycles. The maximum atomic E-state index is 13.0. The average molecular weight is 431 g/mol. The first-order valence-electron chi connectivity index (χ1n) is 10.7. The Morgan fingerprint density at radius 2 is 1.68 bits per heavy atom. The van der Waals surface area contributed by atoms with Crippen LogP contribution in [0.5, 0.6) is 11.5 Å². The number of benzene rings is 2. The molecule has 1 heterocycles. The van der Waals surface area contributed by atoms with Crippen LogP contribution in [0.3, 0.4) is 0 Å². The molecular weight excluding hydrogens is 399 g/mol. The number of aliphatic hydroxyl groups is 1. The molecule has 0 atom stereocenters. The van der Waals surface area contributed by atoms with E-state index in [9.17, 15) is 14.3 Å². The van der Waals surface area contributed by atoms with Crippen molar-refractivity contribution in [2.75, 3.05) is 32.8 Å². The first-order valence-corrected chi connectivity index (χ1v) is 10.7. The van der Waals surface area contributed by atoms with Gasteiger partial charge in [-0.25, -0.2) is 4.39 Å². The number of hydrogen-bond donors (Lipinski definition) is 2. The summed E-state index contributed by atoms with van der Waals surface area (Å²) in [5.41, 5.74) is 0.332. The van der Waals surface area contributed by atoms with Crippen molar-refractivity contribution in [3.8, 4) is 11.5 Å². The summed E-state index contributed by atoms with van der Waals surface area (Å²) in [5, 5.41) is 13.5. The highest BCUT2D eigenvalue weighted by Gasteiger charge is 2.33. The van der Waals surface area contributed by atoms with E-state index in [-0.39, 0.29) is 18.3 Å². The Morgan fingerprint density at radius 1 is 1.06 bits per heavy atom. The molecule has 1 fully saturated rings. The van der Waals surface area contributed by atoms with Crippen LogP contribution in [0.2, 0.25) is 0 Å². The molecular formula is C24H31FN2O4. The van der Waals surface area contributed by atoms with Crippen molar-refractivity contribution in [2.24, 2.45) is 0 Å². The third-order valence-electron chi connectivity index (χ3n) is 5.40. The maximum Gasteiger partial charge on any atom is 0.216 e. The molecule has 1 aliphatic heterocycles. The Balaban J connectivity index is 1.37. The van der Waals surface area contributed by atoms with Gasteiger partial charge in [0.2, 0.25) is 5.91 Å². The molecule has 7 heteroatoms. The van der Waals surface area contributed by atoms with Crippen LogP contribution in [0.1, 0.15) is 31.7 Å². The molecule has 1 saturated heterocycles. The molecule has 3 rings (SSSR count). The number of rotatable bonds is 10. The number of likely N-dealkylation sites (tertiary alicyclic amines) is 1. The number of hydrogen-bond acceptors (Lipinski definition) is 5. The van der Waals surface area contributed by atoms with E-state index in [1.165, 1.54) is 24.6 Å². The van der Waals surface area contributed by atoms with Crippen molar-refractivity contribution in [1.29, 1.82) is 0 Å². The van der Waals surface area contributed by atoms with Gasteiger partial charge in [0.15, 0.2) is 0 Å². The van der Waals surface area contributed by atoms with Crippen molar-refractivity contribution in [1.82, 2.24) is 10.2 Å². The number of carbonyl (C=O) groups excluding carboxylic acids is 1. The first kappa shape index (κ1) is 23.0. The van der Waals surface area contributed by atoms with Crippen LogP contribution in [0.15, 0.2) is 48.5 Å². The summed E-state index contributed by atoms with van der Waals surface area (Å²) in [6, 6.07) is 13.9. The fourth-order valence-electron chi connectivity index (χ4n) is 3.50. The topological polar surface area (TPSA) is 71.0 Å². The number of nitrogens with zero attached hydrogens (tertiary/aromatic N) is 1. The lowest BCUT2D eigenvalue weighted by Crippen LogP contribution is -2.47. The van der Waals surface area contributed by atoms with Gasteiger partial charge in [-0.1, -0.05) is 12.1 Å². The summed E-state index contributed by atoms with van der Waals surface area (Å²) < 4.78 is 24.3. The third-order valence-corrected chi connectivity index (χ3v) is 5.40. The summed E-state index contributed by atoms with van der Waals surface area (Å²) in [7, 11) is 0. The molecule has 0 aliphatic carbocycles. The zero-order valence-electron chi connectivity index (χ0n) is 18.0. The minimum atomic E-state index is -0.861. The Hall–Kier alpha value is -2.64. The molecule has 2 aromatic rings. The molecule has 1 aliphatic rings. The average Bonchev–Trinajstić information content (AvgIpc) is 2.76. The zero-order chi connectivity index (χ0) is 22.1. The maximum absolute atomic E-state index is 13.0. The molecule has 6 nitrogen and oxygen atoms in total. The zero-order valence-corrected chi connectivity index (χ0v) is 18.0. The lowest BCUT2D eigenvalue weighted by molar-refractivity contribution is -0.118. The quantitative estimate of drug-likeness (QED) is 0.567. The van der Waals surface area contributed by atoms with Gasteiger partial charge in [0.25, 0.3) is 0 Å². The Bertz CT molecular complexity index is 818. The van der Waals surface area contributed by atoms with Gasteiger partial charge in [-0.15, -0.1) is 0 Å². The van der Waals surface area contributed by atoms with Crippen LogP contribution in [0, 0.1) is 5.82 Å². The van der Waals surface area contributed by atoms with Crippen molar-refractivity contribution >= 4 is 5.91 Å². The SMILES string of the molecule is CC(=O)NCCCOc1ccc(CN2CCC(O)(COc3ccc(F)cc3)CC2)cc1. The fourth-order valence-corrected chi connectivity index (χ4v) is 3.50. The van der Waals surface area contributed by atoms with Crippen LogP contribution >= 0.6 is 0 Å². The van der Waals surface area contributed by atoms with E-state index in [1.807, 2.05) is 12.1 Å². The molecule has 31 heavy (non-hydrogen) atoms. The van der Waals surface area contributed by atoms with Gasteiger partial charge in [-0.05, 0) is 61.2 Å². The van der Waals surface area contributed by atoms with Crippen molar-refractivity contribution in [3.63, 3.8) is 0 Å². The molecule has 0 aromatic heterocycles. The predicted octanol–water partition coefficient (Wildman–Crippen LogP) is 3.14. The highest BCUT2D eigenvalue weighted by Crippen LogP contribution is 2.25. The van der Waals surface area contributed by atoms with Crippen LogP contribution in [0.4, 0.5) is 4.39 Å². The summed E-state index contributed by atoms with van der Waals surface area (Å²) in [4.78, 5) is 13.1. The minimum Gasteiger partial charge on any atom is -0.494 e. The standard InChI is InChI=1S/C24H31FN2O4/c1-19(28)26-13-2-16-30-22-7-3-20(4-8-22)17-27-14-11-24(29,12-15-27)18-31-23-9-5-21(25)6-10-23/h3-10,29H,2,11-18H2,1H3,(H,26,28). The van der Waals surface area contributed by atoms with Gasteiger partial charge in [0.05, 0.1) is 6.61 Å². The van der Waals surface area contributed by atoms with E-state index in [1.54, 1.807) is 12.1 Å². The lowest BCUT2D eigenvalue weighted by atomic mass is 9.92. The van der Waals surface area contributed by atoms with E-state index in [2.05, 4.69) is 22.3 Å². The monoisotopic (exact) mass is 430 g/mol. The first-order chi connectivity index (χ1) is 14.9. The van der Waals surface area contributed by atoms with E-state index in [4.69, 9.17) is 9.47 Å². The number of piperidine rings is 1. The third kappa shape index (κ3) is 7.84. The highest BCUT2D eigenvalue weighted by molar-refractivity contribution is 5.72. The summed E-state index contributed by atoms with van der Waals surface area (Å²) in [5.74, 6) is 1.05.